The Hall–Kier alpha value is -0.340. The van der Waals surface area contributed by atoms with E-state index in [9.17, 15) is 0 Å². The van der Waals surface area contributed by atoms with E-state index in [4.69, 9.17) is 0 Å². The van der Waals surface area contributed by atoms with Gasteiger partial charge in [0.15, 0.2) is 0 Å². The molecule has 1 saturated carbocycles. The topological polar surface area (TPSA) is 15.3 Å². The second kappa shape index (κ2) is 7.08. The summed E-state index contributed by atoms with van der Waals surface area (Å²) in [4.78, 5) is 2.32. The van der Waals surface area contributed by atoms with E-state index in [-0.39, 0.29) is 0 Å². The van der Waals surface area contributed by atoms with Crippen LogP contribution in [0.25, 0.3) is 0 Å². The van der Waals surface area contributed by atoms with Gasteiger partial charge in [0, 0.05) is 18.6 Å². The molecule has 1 aliphatic rings. The van der Waals surface area contributed by atoms with Crippen molar-refractivity contribution in [3.63, 3.8) is 0 Å². The zero-order chi connectivity index (χ0) is 12.0. The van der Waals surface area contributed by atoms with Crippen molar-refractivity contribution in [1.82, 2.24) is 10.2 Å². The van der Waals surface area contributed by atoms with Gasteiger partial charge in [0.2, 0.25) is 0 Å². The number of nitrogens with zero attached hydrogens (tertiary/aromatic N) is 1. The summed E-state index contributed by atoms with van der Waals surface area (Å²) in [5.41, 5.74) is 0. The van der Waals surface area contributed by atoms with Crippen LogP contribution in [0.4, 0.5) is 0 Å². The van der Waals surface area contributed by atoms with E-state index in [1.807, 2.05) is 6.08 Å². The van der Waals surface area contributed by atoms with Crippen LogP contribution in [0.3, 0.4) is 0 Å². The first-order valence-electron chi connectivity index (χ1n) is 6.69. The second-order valence-corrected chi connectivity index (χ2v) is 5.24. The van der Waals surface area contributed by atoms with Gasteiger partial charge >= 0.3 is 0 Å². The van der Waals surface area contributed by atoms with Gasteiger partial charge < -0.3 is 10.2 Å². The zero-order valence-electron chi connectivity index (χ0n) is 11.2. The predicted octanol–water partition coefficient (Wildman–Crippen LogP) is 2.66. The maximum Gasteiger partial charge on any atom is 0.0212 e. The molecule has 0 aromatic heterocycles. The largest absolute Gasteiger partial charge is 0.312 e. The molecule has 2 atom stereocenters. The molecule has 1 aliphatic carbocycles. The minimum absolute atomic E-state index is 0.671. The van der Waals surface area contributed by atoms with Gasteiger partial charge in [-0.2, -0.15) is 0 Å². The van der Waals surface area contributed by atoms with Crippen LogP contribution in [0.2, 0.25) is 0 Å². The molecule has 0 heterocycles. The van der Waals surface area contributed by atoms with Gasteiger partial charge in [0.25, 0.3) is 0 Å². The lowest BCUT2D eigenvalue weighted by molar-refractivity contribution is 0.261. The van der Waals surface area contributed by atoms with Gasteiger partial charge in [-0.15, -0.1) is 6.58 Å². The van der Waals surface area contributed by atoms with Crippen molar-refractivity contribution in [2.24, 2.45) is 5.92 Å². The van der Waals surface area contributed by atoms with Crippen LogP contribution in [0.1, 0.15) is 39.0 Å². The molecule has 94 valence electrons. The average Bonchev–Trinajstić information content (AvgIpc) is 3.06. The molecule has 0 radical (unpaired) electrons. The van der Waals surface area contributed by atoms with Crippen molar-refractivity contribution in [1.29, 1.82) is 0 Å². The minimum Gasteiger partial charge on any atom is -0.312 e. The molecular formula is C14H28N2. The first-order chi connectivity index (χ1) is 7.69. The molecule has 0 aliphatic heterocycles. The molecule has 0 saturated heterocycles. The molecule has 0 spiro atoms. The molecule has 0 bridgehead atoms. The molecule has 0 aromatic rings. The van der Waals surface area contributed by atoms with E-state index in [2.05, 4.69) is 37.8 Å². The van der Waals surface area contributed by atoms with Crippen molar-refractivity contribution < 1.29 is 0 Å². The SMILES string of the molecule is C=CCCC(NCC(CC)N(C)C)C1CC1. The fourth-order valence-electron chi connectivity index (χ4n) is 2.28. The molecule has 2 unspecified atom stereocenters. The standard InChI is InChI=1S/C14H28N2/c1-5-7-8-14(12-9-10-12)15-11-13(6-2)16(3)4/h5,12-15H,1,6-11H2,2-4H3. The summed E-state index contributed by atoms with van der Waals surface area (Å²) in [6.07, 6.45) is 8.52. The lowest BCUT2D eigenvalue weighted by atomic mass is 10.1. The van der Waals surface area contributed by atoms with Crippen LogP contribution in [0.5, 0.6) is 0 Å². The van der Waals surface area contributed by atoms with Gasteiger partial charge in [-0.3, -0.25) is 0 Å². The Bertz CT molecular complexity index is 197. The van der Waals surface area contributed by atoms with Crippen LogP contribution in [0, 0.1) is 5.92 Å². The van der Waals surface area contributed by atoms with Crippen LogP contribution in [-0.4, -0.2) is 37.6 Å². The van der Waals surface area contributed by atoms with E-state index in [0.29, 0.717) is 6.04 Å². The molecule has 2 heteroatoms. The van der Waals surface area contributed by atoms with Gasteiger partial charge in [-0.05, 0) is 52.1 Å². The van der Waals surface area contributed by atoms with Crippen LogP contribution in [-0.2, 0) is 0 Å². The molecule has 1 fully saturated rings. The van der Waals surface area contributed by atoms with Crippen LogP contribution in [0.15, 0.2) is 12.7 Å². The Morgan fingerprint density at radius 1 is 1.44 bits per heavy atom. The monoisotopic (exact) mass is 224 g/mol. The number of hydrogen-bond donors (Lipinski definition) is 1. The quantitative estimate of drug-likeness (QED) is 0.606. The van der Waals surface area contributed by atoms with E-state index in [1.54, 1.807) is 0 Å². The lowest BCUT2D eigenvalue weighted by Crippen LogP contribution is -2.42. The fraction of sp³-hybridized carbons (Fsp3) is 0.857. The maximum atomic E-state index is 3.82. The number of rotatable bonds is 9. The van der Waals surface area contributed by atoms with E-state index < -0.39 is 0 Å². The van der Waals surface area contributed by atoms with E-state index >= 15 is 0 Å². The summed E-state index contributed by atoms with van der Waals surface area (Å²) in [5, 5.41) is 3.76. The molecule has 1 rings (SSSR count). The third kappa shape index (κ3) is 4.67. The second-order valence-electron chi connectivity index (χ2n) is 5.24. The van der Waals surface area contributed by atoms with Crippen molar-refractivity contribution in [2.45, 2.75) is 51.1 Å². The van der Waals surface area contributed by atoms with E-state index in [1.165, 1.54) is 25.7 Å². The van der Waals surface area contributed by atoms with Gasteiger partial charge in [-0.25, -0.2) is 0 Å². The number of likely N-dealkylation sites (N-methyl/N-ethyl adjacent to an activating group) is 1. The summed E-state index contributed by atoms with van der Waals surface area (Å²) < 4.78 is 0. The molecule has 1 N–H and O–H groups in total. The summed E-state index contributed by atoms with van der Waals surface area (Å²) in [6.45, 7) is 7.21. The summed E-state index contributed by atoms with van der Waals surface area (Å²) in [6, 6.07) is 1.40. The third-order valence-electron chi connectivity index (χ3n) is 3.69. The summed E-state index contributed by atoms with van der Waals surface area (Å²) in [5.74, 6) is 0.944. The summed E-state index contributed by atoms with van der Waals surface area (Å²) >= 11 is 0. The normalized spacial score (nSPS) is 19.8. The Labute approximate surface area is 101 Å². The summed E-state index contributed by atoms with van der Waals surface area (Å²) in [7, 11) is 4.34. The predicted molar refractivity (Wildman–Crippen MR) is 71.7 cm³/mol. The highest BCUT2D eigenvalue weighted by Crippen LogP contribution is 2.34. The van der Waals surface area contributed by atoms with Crippen molar-refractivity contribution >= 4 is 0 Å². The number of nitrogens with one attached hydrogen (secondary N) is 1. The highest BCUT2D eigenvalue weighted by molar-refractivity contribution is 4.88. The van der Waals surface area contributed by atoms with Gasteiger partial charge in [0.05, 0.1) is 0 Å². The van der Waals surface area contributed by atoms with Crippen LogP contribution >= 0.6 is 0 Å². The van der Waals surface area contributed by atoms with Gasteiger partial charge in [0.1, 0.15) is 0 Å². The van der Waals surface area contributed by atoms with Crippen LogP contribution < -0.4 is 5.32 Å². The Morgan fingerprint density at radius 3 is 2.56 bits per heavy atom. The van der Waals surface area contributed by atoms with E-state index in [0.717, 1.165) is 24.9 Å². The molecule has 2 nitrogen and oxygen atoms in total. The minimum atomic E-state index is 0.671. The molecular weight excluding hydrogens is 196 g/mol. The maximum absolute atomic E-state index is 3.82. The van der Waals surface area contributed by atoms with Gasteiger partial charge in [-0.1, -0.05) is 13.0 Å². The molecule has 0 amide bonds. The first-order valence-corrected chi connectivity index (χ1v) is 6.69. The Kier molecular flexibility index (Phi) is 6.07. The highest BCUT2D eigenvalue weighted by atomic mass is 15.1. The van der Waals surface area contributed by atoms with Crippen molar-refractivity contribution in [3.05, 3.63) is 12.7 Å². The third-order valence-corrected chi connectivity index (χ3v) is 3.69. The van der Waals surface area contributed by atoms with Crippen molar-refractivity contribution in [2.75, 3.05) is 20.6 Å². The molecule has 0 aromatic carbocycles. The lowest BCUT2D eigenvalue weighted by Gasteiger charge is -2.26. The average molecular weight is 224 g/mol. The number of hydrogen-bond acceptors (Lipinski definition) is 2. The fourth-order valence-corrected chi connectivity index (χ4v) is 2.28. The number of allylic oxidation sites excluding steroid dienone is 1. The van der Waals surface area contributed by atoms with Crippen molar-refractivity contribution in [3.8, 4) is 0 Å². The molecule has 16 heavy (non-hydrogen) atoms. The smallest absolute Gasteiger partial charge is 0.0212 e. The Balaban J connectivity index is 2.27. The highest BCUT2D eigenvalue weighted by Gasteiger charge is 2.30. The Morgan fingerprint density at radius 2 is 2.12 bits per heavy atom. The zero-order valence-corrected chi connectivity index (χ0v) is 11.2. The first kappa shape index (κ1) is 13.7.